The third-order valence-corrected chi connectivity index (χ3v) is 6.85. The summed E-state index contributed by atoms with van der Waals surface area (Å²) in [6, 6.07) is 20.9. The number of oxime groups is 1. The van der Waals surface area contributed by atoms with Gasteiger partial charge in [0.2, 0.25) is 15.7 Å². The molecule has 0 saturated heterocycles. The summed E-state index contributed by atoms with van der Waals surface area (Å²) in [4.78, 5) is 22.8. The Morgan fingerprint density at radius 2 is 1.74 bits per heavy atom. The van der Waals surface area contributed by atoms with E-state index in [4.69, 9.17) is 9.98 Å². The van der Waals surface area contributed by atoms with Crippen molar-refractivity contribution in [3.8, 4) is 11.1 Å². The minimum Gasteiger partial charge on any atom is -0.367 e. The van der Waals surface area contributed by atoms with Crippen molar-refractivity contribution in [1.29, 1.82) is 0 Å². The standard InChI is InChI=1S/C26H22N4O4S/c1-26(15-23(30-34-26)22-7-4-5-19-16-28-14-13-20(19)22)29-25(31)18-11-9-17(10-12-18)21-6-2-3-8-24(21)35(27,32)33/h2-14,16H,15H2,1H3,(H,29,31)(H2,27,32,33). The van der Waals surface area contributed by atoms with Crippen molar-refractivity contribution < 1.29 is 18.0 Å². The molecule has 1 aliphatic heterocycles. The van der Waals surface area contributed by atoms with Crippen molar-refractivity contribution in [2.75, 3.05) is 0 Å². The summed E-state index contributed by atoms with van der Waals surface area (Å²) in [7, 11) is -3.89. The van der Waals surface area contributed by atoms with Crippen LogP contribution in [0, 0.1) is 0 Å². The van der Waals surface area contributed by atoms with Crippen LogP contribution in [0.5, 0.6) is 0 Å². The van der Waals surface area contributed by atoms with E-state index in [-0.39, 0.29) is 10.8 Å². The zero-order valence-corrected chi connectivity index (χ0v) is 19.6. The van der Waals surface area contributed by atoms with Crippen molar-refractivity contribution >= 4 is 32.4 Å². The summed E-state index contributed by atoms with van der Waals surface area (Å²) >= 11 is 0. The molecule has 1 aromatic heterocycles. The summed E-state index contributed by atoms with van der Waals surface area (Å²) in [5.41, 5.74) is 2.15. The van der Waals surface area contributed by atoms with Crippen LogP contribution in [0.15, 0.2) is 95.2 Å². The first-order chi connectivity index (χ1) is 16.7. The number of carbonyl (C=O) groups excluding carboxylic acids is 1. The maximum Gasteiger partial charge on any atom is 0.254 e. The van der Waals surface area contributed by atoms with Crippen molar-refractivity contribution in [2.45, 2.75) is 24.0 Å². The third-order valence-electron chi connectivity index (χ3n) is 5.88. The first kappa shape index (κ1) is 22.7. The molecule has 1 amide bonds. The van der Waals surface area contributed by atoms with Gasteiger partial charge in [-0.2, -0.15) is 0 Å². The lowest BCUT2D eigenvalue weighted by Gasteiger charge is -2.23. The number of hydrogen-bond donors (Lipinski definition) is 2. The number of nitrogens with one attached hydrogen (secondary N) is 1. The minimum absolute atomic E-state index is 0.0259. The van der Waals surface area contributed by atoms with Gasteiger partial charge in [-0.1, -0.05) is 53.7 Å². The van der Waals surface area contributed by atoms with Gasteiger partial charge in [-0.25, -0.2) is 13.6 Å². The van der Waals surface area contributed by atoms with E-state index in [1.165, 1.54) is 6.07 Å². The number of primary sulfonamides is 1. The van der Waals surface area contributed by atoms with Gasteiger partial charge in [0.05, 0.1) is 17.0 Å². The molecule has 0 aliphatic carbocycles. The van der Waals surface area contributed by atoms with Crippen LogP contribution in [0.1, 0.15) is 29.3 Å². The van der Waals surface area contributed by atoms with Gasteiger partial charge >= 0.3 is 0 Å². The summed E-state index contributed by atoms with van der Waals surface area (Å²) < 4.78 is 23.8. The second-order valence-corrected chi connectivity index (χ2v) is 10.0. The van der Waals surface area contributed by atoms with Crippen LogP contribution in [0.4, 0.5) is 0 Å². The van der Waals surface area contributed by atoms with Crippen molar-refractivity contribution in [2.24, 2.45) is 10.3 Å². The highest BCUT2D eigenvalue weighted by molar-refractivity contribution is 7.89. The average Bonchev–Trinajstić information content (AvgIpc) is 3.24. The summed E-state index contributed by atoms with van der Waals surface area (Å²) in [5, 5.41) is 14.5. The van der Waals surface area contributed by atoms with Gasteiger partial charge in [-0.3, -0.25) is 9.78 Å². The number of sulfonamides is 1. The quantitative estimate of drug-likeness (QED) is 0.444. The Hall–Kier alpha value is -4.08. The summed E-state index contributed by atoms with van der Waals surface area (Å²) in [6.07, 6.45) is 3.91. The number of rotatable bonds is 5. The first-order valence-corrected chi connectivity index (χ1v) is 12.4. The van der Waals surface area contributed by atoms with Gasteiger partial charge in [0.1, 0.15) is 0 Å². The zero-order chi connectivity index (χ0) is 24.6. The molecule has 0 bridgehead atoms. The first-order valence-electron chi connectivity index (χ1n) is 10.9. The molecule has 4 aromatic rings. The molecule has 0 saturated carbocycles. The predicted octanol–water partition coefficient (Wildman–Crippen LogP) is 3.82. The van der Waals surface area contributed by atoms with E-state index >= 15 is 0 Å². The van der Waals surface area contributed by atoms with Crippen LogP contribution < -0.4 is 10.5 Å². The lowest BCUT2D eigenvalue weighted by atomic mass is 9.97. The maximum absolute atomic E-state index is 13.0. The molecule has 3 N–H and O–H groups in total. The number of aromatic nitrogens is 1. The molecule has 8 nitrogen and oxygen atoms in total. The number of fused-ring (bicyclic) bond motifs is 1. The second kappa shape index (κ2) is 8.61. The molecule has 1 atom stereocenters. The van der Waals surface area contributed by atoms with Crippen molar-refractivity contribution in [3.05, 3.63) is 96.3 Å². The van der Waals surface area contributed by atoms with E-state index in [9.17, 15) is 13.2 Å². The number of amides is 1. The van der Waals surface area contributed by atoms with E-state index in [1.54, 1.807) is 61.8 Å². The van der Waals surface area contributed by atoms with E-state index in [0.717, 1.165) is 22.0 Å². The molecular weight excluding hydrogens is 464 g/mol. The smallest absolute Gasteiger partial charge is 0.254 e. The molecule has 176 valence electrons. The number of benzene rings is 3. The zero-order valence-electron chi connectivity index (χ0n) is 18.8. The molecule has 0 radical (unpaired) electrons. The van der Waals surface area contributed by atoms with Crippen LogP contribution >= 0.6 is 0 Å². The SMILES string of the molecule is CC1(NC(=O)c2ccc(-c3ccccc3S(N)(=O)=O)cc2)CC(c2cccc3cnccc23)=NO1. The average molecular weight is 487 g/mol. The molecule has 0 spiro atoms. The van der Waals surface area contributed by atoms with Gasteiger partial charge in [0, 0.05) is 34.5 Å². The Morgan fingerprint density at radius 3 is 2.51 bits per heavy atom. The van der Waals surface area contributed by atoms with E-state index < -0.39 is 15.7 Å². The molecule has 35 heavy (non-hydrogen) atoms. The molecule has 3 aromatic carbocycles. The van der Waals surface area contributed by atoms with Crippen LogP contribution in [-0.4, -0.2) is 30.7 Å². The number of hydrogen-bond acceptors (Lipinski definition) is 6. The van der Waals surface area contributed by atoms with Crippen LogP contribution in [0.25, 0.3) is 21.9 Å². The van der Waals surface area contributed by atoms with Crippen LogP contribution in [0.2, 0.25) is 0 Å². The molecule has 1 unspecified atom stereocenters. The molecular formula is C26H22N4O4S. The van der Waals surface area contributed by atoms with Crippen molar-refractivity contribution in [1.82, 2.24) is 10.3 Å². The van der Waals surface area contributed by atoms with Crippen LogP contribution in [0.3, 0.4) is 0 Å². The van der Waals surface area contributed by atoms with Crippen molar-refractivity contribution in [3.63, 3.8) is 0 Å². The lowest BCUT2D eigenvalue weighted by Crippen LogP contribution is -2.46. The van der Waals surface area contributed by atoms with E-state index in [1.807, 2.05) is 24.3 Å². The Kier molecular flexibility index (Phi) is 5.58. The summed E-state index contributed by atoms with van der Waals surface area (Å²) in [6.45, 7) is 1.77. The number of nitrogens with two attached hydrogens (primary N) is 1. The molecule has 0 fully saturated rings. The minimum atomic E-state index is -3.89. The topological polar surface area (TPSA) is 124 Å². The fourth-order valence-electron chi connectivity index (χ4n) is 4.19. The van der Waals surface area contributed by atoms with Gasteiger partial charge in [0.25, 0.3) is 5.91 Å². The molecule has 5 rings (SSSR count). The lowest BCUT2D eigenvalue weighted by molar-refractivity contribution is -0.0252. The highest BCUT2D eigenvalue weighted by Gasteiger charge is 2.37. The number of pyridine rings is 1. The van der Waals surface area contributed by atoms with Gasteiger partial charge in [0.15, 0.2) is 0 Å². The molecule has 2 heterocycles. The Morgan fingerprint density at radius 1 is 1.00 bits per heavy atom. The van der Waals surface area contributed by atoms with E-state index in [0.29, 0.717) is 23.1 Å². The highest BCUT2D eigenvalue weighted by atomic mass is 32.2. The highest BCUT2D eigenvalue weighted by Crippen LogP contribution is 2.29. The maximum atomic E-state index is 13.0. The fraction of sp³-hybridized carbons (Fsp3) is 0.115. The largest absolute Gasteiger partial charge is 0.367 e. The Labute approximate surface area is 202 Å². The molecule has 1 aliphatic rings. The predicted molar refractivity (Wildman–Crippen MR) is 133 cm³/mol. The van der Waals surface area contributed by atoms with Gasteiger partial charge in [-0.05, 0) is 42.1 Å². The fourth-order valence-corrected chi connectivity index (χ4v) is 4.95. The monoisotopic (exact) mass is 486 g/mol. The van der Waals surface area contributed by atoms with Gasteiger partial charge in [-0.15, -0.1) is 0 Å². The number of nitrogens with zero attached hydrogens (tertiary/aromatic N) is 2. The normalized spacial score (nSPS) is 17.6. The Bertz CT molecular complexity index is 1580. The number of carbonyl (C=O) groups is 1. The van der Waals surface area contributed by atoms with Crippen LogP contribution in [-0.2, 0) is 14.9 Å². The third kappa shape index (κ3) is 4.51. The van der Waals surface area contributed by atoms with Gasteiger partial charge < -0.3 is 10.2 Å². The second-order valence-electron chi connectivity index (χ2n) is 8.51. The Balaban J connectivity index is 1.33. The van der Waals surface area contributed by atoms with E-state index in [2.05, 4.69) is 15.5 Å². The molecule has 9 heteroatoms. The summed E-state index contributed by atoms with van der Waals surface area (Å²) in [5.74, 6) is -0.336.